The lowest BCUT2D eigenvalue weighted by molar-refractivity contribution is -0.128. The normalized spacial score (nSPS) is 16.2. The van der Waals surface area contributed by atoms with Gasteiger partial charge in [0, 0.05) is 32.2 Å². The van der Waals surface area contributed by atoms with Crippen molar-refractivity contribution in [3.8, 4) is 0 Å². The third-order valence-electron chi connectivity index (χ3n) is 4.18. The first kappa shape index (κ1) is 22.4. The molecule has 1 heterocycles. The molecule has 1 atom stereocenters. The van der Waals surface area contributed by atoms with Gasteiger partial charge in [0.2, 0.25) is 5.91 Å². The van der Waals surface area contributed by atoms with Crippen LogP contribution in [0.3, 0.4) is 0 Å². The fourth-order valence-corrected chi connectivity index (χ4v) is 2.78. The van der Waals surface area contributed by atoms with Crippen LogP contribution < -0.4 is 10.6 Å². The number of likely N-dealkylation sites (tertiary alicyclic amines) is 1. The highest BCUT2D eigenvalue weighted by Gasteiger charge is 2.17. The summed E-state index contributed by atoms with van der Waals surface area (Å²) in [6.45, 7) is 14.3. The van der Waals surface area contributed by atoms with Gasteiger partial charge in [-0.2, -0.15) is 0 Å². The van der Waals surface area contributed by atoms with Gasteiger partial charge in [-0.25, -0.2) is 4.99 Å². The third kappa shape index (κ3) is 8.19. The van der Waals surface area contributed by atoms with Crippen LogP contribution in [-0.4, -0.2) is 73.5 Å². The van der Waals surface area contributed by atoms with Crippen LogP contribution in [0.5, 0.6) is 0 Å². The van der Waals surface area contributed by atoms with Crippen molar-refractivity contribution in [2.45, 2.75) is 46.6 Å². The summed E-state index contributed by atoms with van der Waals surface area (Å²) in [4.78, 5) is 20.8. The van der Waals surface area contributed by atoms with Crippen LogP contribution in [0.25, 0.3) is 0 Å². The molecule has 2 N–H and O–H groups in total. The van der Waals surface area contributed by atoms with Gasteiger partial charge in [-0.15, -0.1) is 24.0 Å². The first-order chi connectivity index (χ1) is 10.6. The number of carbonyl (C=O) groups excluding carboxylic acids is 1. The lowest BCUT2D eigenvalue weighted by Gasteiger charge is -2.27. The van der Waals surface area contributed by atoms with E-state index in [9.17, 15) is 4.79 Å². The second-order valence-electron chi connectivity index (χ2n) is 5.73. The molecule has 1 fully saturated rings. The molecule has 1 amide bonds. The van der Waals surface area contributed by atoms with Crippen molar-refractivity contribution in [2.75, 3.05) is 45.8 Å². The van der Waals surface area contributed by atoms with Gasteiger partial charge in [0.25, 0.3) is 0 Å². The number of carbonyl (C=O) groups is 1. The number of rotatable bonds is 8. The predicted molar refractivity (Wildman–Crippen MR) is 108 cm³/mol. The summed E-state index contributed by atoms with van der Waals surface area (Å²) in [5, 5.41) is 6.55. The van der Waals surface area contributed by atoms with Gasteiger partial charge in [0.1, 0.15) is 6.54 Å². The maximum absolute atomic E-state index is 12.0. The Morgan fingerprint density at radius 3 is 2.30 bits per heavy atom. The van der Waals surface area contributed by atoms with Gasteiger partial charge < -0.3 is 15.5 Å². The molecule has 136 valence electrons. The minimum Gasteiger partial charge on any atom is -0.357 e. The Balaban J connectivity index is 0.00000484. The van der Waals surface area contributed by atoms with Crippen molar-refractivity contribution in [2.24, 2.45) is 4.99 Å². The second-order valence-corrected chi connectivity index (χ2v) is 5.73. The van der Waals surface area contributed by atoms with E-state index >= 15 is 0 Å². The highest BCUT2D eigenvalue weighted by atomic mass is 127. The van der Waals surface area contributed by atoms with E-state index in [1.54, 1.807) is 0 Å². The van der Waals surface area contributed by atoms with Crippen molar-refractivity contribution in [1.82, 2.24) is 20.4 Å². The quantitative estimate of drug-likeness (QED) is 0.342. The Morgan fingerprint density at radius 1 is 1.17 bits per heavy atom. The van der Waals surface area contributed by atoms with E-state index < -0.39 is 0 Å². The lowest BCUT2D eigenvalue weighted by atomic mass is 10.3. The number of halogens is 1. The predicted octanol–water partition coefficient (Wildman–Crippen LogP) is 1.51. The molecule has 0 aromatic rings. The average molecular weight is 439 g/mol. The number of nitrogens with one attached hydrogen (secondary N) is 2. The number of aliphatic imine (C=N–C) groups is 1. The molecule has 23 heavy (non-hydrogen) atoms. The molecule has 0 radical (unpaired) electrons. The molecule has 0 aromatic heterocycles. The van der Waals surface area contributed by atoms with Gasteiger partial charge in [0.15, 0.2) is 5.96 Å². The van der Waals surface area contributed by atoms with Gasteiger partial charge in [-0.3, -0.25) is 9.69 Å². The monoisotopic (exact) mass is 439 g/mol. The molecular formula is C16H34IN5O. The van der Waals surface area contributed by atoms with Crippen LogP contribution in [-0.2, 0) is 4.79 Å². The van der Waals surface area contributed by atoms with Crippen molar-refractivity contribution in [3.05, 3.63) is 0 Å². The first-order valence-electron chi connectivity index (χ1n) is 8.66. The minimum absolute atomic E-state index is 0. The van der Waals surface area contributed by atoms with Crippen molar-refractivity contribution in [1.29, 1.82) is 0 Å². The summed E-state index contributed by atoms with van der Waals surface area (Å²) < 4.78 is 0. The smallest absolute Gasteiger partial charge is 0.244 e. The number of nitrogens with zero attached hydrogens (tertiary/aromatic N) is 3. The molecule has 0 bridgehead atoms. The minimum atomic E-state index is 0. The number of likely N-dealkylation sites (N-methyl/N-ethyl adjacent to an activating group) is 1. The van der Waals surface area contributed by atoms with Crippen LogP contribution in [0.2, 0.25) is 0 Å². The molecular weight excluding hydrogens is 405 g/mol. The van der Waals surface area contributed by atoms with Gasteiger partial charge in [-0.05, 0) is 39.8 Å². The highest BCUT2D eigenvalue weighted by Crippen LogP contribution is 2.07. The molecule has 6 nitrogen and oxygen atoms in total. The number of hydrogen-bond donors (Lipinski definition) is 2. The van der Waals surface area contributed by atoms with E-state index in [0.29, 0.717) is 6.04 Å². The highest BCUT2D eigenvalue weighted by molar-refractivity contribution is 14.0. The van der Waals surface area contributed by atoms with Crippen LogP contribution >= 0.6 is 24.0 Å². The van der Waals surface area contributed by atoms with E-state index in [-0.39, 0.29) is 36.4 Å². The first-order valence-corrected chi connectivity index (χ1v) is 8.66. The van der Waals surface area contributed by atoms with E-state index in [4.69, 9.17) is 0 Å². The molecule has 1 rings (SSSR count). The third-order valence-corrected chi connectivity index (χ3v) is 4.18. The molecule has 0 spiro atoms. The standard InChI is InChI=1S/C16H33N5O.HI/c1-5-17-16(18-12-14(4)20(6-2)7-3)19-13-15(22)21-10-8-9-11-21;/h14H,5-13H2,1-4H3,(H2,17,18,19);1H. The Morgan fingerprint density at radius 2 is 1.78 bits per heavy atom. The van der Waals surface area contributed by atoms with Crippen LogP contribution in [0.15, 0.2) is 4.99 Å². The molecule has 0 aromatic carbocycles. The largest absolute Gasteiger partial charge is 0.357 e. The SMILES string of the molecule is CCNC(=NCC(=O)N1CCCC1)NCC(C)N(CC)CC.I. The Kier molecular flexibility index (Phi) is 12.5. The van der Waals surface area contributed by atoms with E-state index in [0.717, 1.165) is 58.1 Å². The Hall–Kier alpha value is -0.570. The zero-order valence-electron chi connectivity index (χ0n) is 15.1. The average Bonchev–Trinajstić information content (AvgIpc) is 3.05. The molecule has 0 aliphatic carbocycles. The topological polar surface area (TPSA) is 60.0 Å². The zero-order chi connectivity index (χ0) is 16.4. The molecule has 1 unspecified atom stereocenters. The summed E-state index contributed by atoms with van der Waals surface area (Å²) in [7, 11) is 0. The fourth-order valence-electron chi connectivity index (χ4n) is 2.78. The maximum Gasteiger partial charge on any atom is 0.244 e. The summed E-state index contributed by atoms with van der Waals surface area (Å²) in [6.07, 6.45) is 2.24. The van der Waals surface area contributed by atoms with E-state index in [2.05, 4.69) is 41.3 Å². The van der Waals surface area contributed by atoms with Crippen LogP contribution in [0.1, 0.15) is 40.5 Å². The van der Waals surface area contributed by atoms with Crippen molar-refractivity contribution < 1.29 is 4.79 Å². The second kappa shape index (κ2) is 12.8. The summed E-state index contributed by atoms with van der Waals surface area (Å²) in [6, 6.07) is 0.438. The molecule has 7 heteroatoms. The number of guanidine groups is 1. The molecule has 1 aliphatic heterocycles. The summed E-state index contributed by atoms with van der Waals surface area (Å²) >= 11 is 0. The Bertz CT molecular complexity index is 354. The fraction of sp³-hybridized carbons (Fsp3) is 0.875. The molecule has 0 saturated carbocycles. The van der Waals surface area contributed by atoms with Gasteiger partial charge >= 0.3 is 0 Å². The maximum atomic E-state index is 12.0. The number of hydrogen-bond acceptors (Lipinski definition) is 3. The summed E-state index contributed by atoms with van der Waals surface area (Å²) in [5.41, 5.74) is 0. The van der Waals surface area contributed by atoms with Crippen molar-refractivity contribution in [3.63, 3.8) is 0 Å². The summed E-state index contributed by atoms with van der Waals surface area (Å²) in [5.74, 6) is 0.862. The zero-order valence-corrected chi connectivity index (χ0v) is 17.4. The van der Waals surface area contributed by atoms with Gasteiger partial charge in [-0.1, -0.05) is 13.8 Å². The van der Waals surface area contributed by atoms with Gasteiger partial charge in [0.05, 0.1) is 0 Å². The van der Waals surface area contributed by atoms with E-state index in [1.165, 1.54) is 0 Å². The Labute approximate surface area is 158 Å². The number of amides is 1. The lowest BCUT2D eigenvalue weighted by Crippen LogP contribution is -2.46. The van der Waals surface area contributed by atoms with Crippen molar-refractivity contribution >= 4 is 35.8 Å². The molecule has 1 aliphatic rings. The molecule has 1 saturated heterocycles. The van der Waals surface area contributed by atoms with E-state index in [1.807, 2.05) is 11.8 Å². The van der Waals surface area contributed by atoms with Crippen LogP contribution in [0.4, 0.5) is 0 Å². The van der Waals surface area contributed by atoms with Crippen LogP contribution in [0, 0.1) is 0 Å².